The fourth-order valence-corrected chi connectivity index (χ4v) is 2.69. The maximum atomic E-state index is 13.3. The predicted octanol–water partition coefficient (Wildman–Crippen LogP) is 3.67. The Morgan fingerprint density at radius 1 is 1.24 bits per heavy atom. The Balaban J connectivity index is 1.65. The van der Waals surface area contributed by atoms with E-state index in [2.05, 4.69) is 19.7 Å². The zero-order chi connectivity index (χ0) is 17.5. The van der Waals surface area contributed by atoms with Gasteiger partial charge in [0.25, 0.3) is 0 Å². The van der Waals surface area contributed by atoms with Crippen LogP contribution in [0.5, 0.6) is 11.6 Å². The number of nitrogens with zero attached hydrogens (tertiary/aromatic N) is 3. The quantitative estimate of drug-likeness (QED) is 0.661. The van der Waals surface area contributed by atoms with Crippen LogP contribution in [0.2, 0.25) is 0 Å². The average molecular weight is 360 g/mol. The Hall–Kier alpha value is -2.58. The van der Waals surface area contributed by atoms with Crippen molar-refractivity contribution in [3.8, 4) is 11.6 Å². The second kappa shape index (κ2) is 8.50. The van der Waals surface area contributed by atoms with Crippen molar-refractivity contribution in [1.29, 1.82) is 0 Å². The molecule has 25 heavy (non-hydrogen) atoms. The molecule has 0 saturated carbocycles. The minimum Gasteiger partial charge on any atom is -0.439 e. The van der Waals surface area contributed by atoms with Gasteiger partial charge in [0.05, 0.1) is 6.61 Å². The minimum atomic E-state index is -0.356. The van der Waals surface area contributed by atoms with Crippen molar-refractivity contribution in [3.63, 3.8) is 0 Å². The van der Waals surface area contributed by atoms with Gasteiger partial charge in [0.1, 0.15) is 17.4 Å². The summed E-state index contributed by atoms with van der Waals surface area (Å²) in [6, 6.07) is 9.67. The van der Waals surface area contributed by atoms with Gasteiger partial charge in [0.15, 0.2) is 0 Å². The van der Waals surface area contributed by atoms with Gasteiger partial charge in [-0.15, -0.1) is 0 Å². The van der Waals surface area contributed by atoms with Gasteiger partial charge in [-0.3, -0.25) is 0 Å². The number of aromatic nitrogens is 3. The third-order valence-corrected chi connectivity index (χ3v) is 4.00. The molecule has 0 spiro atoms. The Bertz CT molecular complexity index is 828. The third kappa shape index (κ3) is 4.94. The zero-order valence-corrected chi connectivity index (χ0v) is 14.4. The lowest BCUT2D eigenvalue weighted by molar-refractivity contribution is 0.201. The van der Waals surface area contributed by atoms with Crippen LogP contribution in [0.15, 0.2) is 42.6 Å². The molecule has 1 aromatic carbocycles. The molecule has 130 valence electrons. The number of methoxy groups -OCH3 is 1. The zero-order valence-electron chi connectivity index (χ0n) is 13.6. The first-order valence-corrected chi connectivity index (χ1v) is 8.44. The Labute approximate surface area is 148 Å². The number of rotatable bonds is 8. The lowest BCUT2D eigenvalue weighted by Gasteiger charge is -2.10. The van der Waals surface area contributed by atoms with Crippen molar-refractivity contribution in [2.24, 2.45) is 0 Å². The highest BCUT2D eigenvalue weighted by Crippen LogP contribution is 2.24. The molecule has 1 N–H and O–H groups in total. The number of halogens is 1. The molecule has 0 fully saturated rings. The van der Waals surface area contributed by atoms with Crippen LogP contribution >= 0.6 is 11.5 Å². The van der Waals surface area contributed by atoms with E-state index in [9.17, 15) is 4.39 Å². The molecule has 0 aliphatic heterocycles. The normalized spacial score (nSPS) is 10.6. The highest BCUT2D eigenvalue weighted by Gasteiger charge is 2.09. The molecule has 0 atom stereocenters. The fraction of sp³-hybridized carbons (Fsp3) is 0.235. The maximum absolute atomic E-state index is 13.3. The van der Waals surface area contributed by atoms with E-state index < -0.39 is 0 Å². The van der Waals surface area contributed by atoms with Crippen molar-refractivity contribution in [2.45, 2.75) is 13.0 Å². The number of hydrogen-bond acceptors (Lipinski definition) is 7. The molecule has 3 rings (SSSR count). The molecular formula is C17H17FN4O2S. The van der Waals surface area contributed by atoms with E-state index in [1.807, 2.05) is 12.1 Å². The van der Waals surface area contributed by atoms with Crippen LogP contribution in [0.4, 0.5) is 9.52 Å². The number of hydrogen-bond donors (Lipinski definition) is 1. The van der Waals surface area contributed by atoms with Gasteiger partial charge in [-0.2, -0.15) is 4.37 Å². The van der Waals surface area contributed by atoms with Crippen LogP contribution in [-0.2, 0) is 17.7 Å². The SMILES string of the molecule is COCCc1nsc(NCc2cccnc2Oc2cccc(F)c2)n1. The van der Waals surface area contributed by atoms with Crippen molar-refractivity contribution in [2.75, 3.05) is 19.0 Å². The maximum Gasteiger partial charge on any atom is 0.224 e. The van der Waals surface area contributed by atoms with Crippen molar-refractivity contribution in [3.05, 3.63) is 59.8 Å². The monoisotopic (exact) mass is 360 g/mol. The van der Waals surface area contributed by atoms with E-state index >= 15 is 0 Å². The van der Waals surface area contributed by atoms with E-state index in [4.69, 9.17) is 9.47 Å². The van der Waals surface area contributed by atoms with Crippen LogP contribution < -0.4 is 10.1 Å². The van der Waals surface area contributed by atoms with E-state index in [0.29, 0.717) is 36.3 Å². The molecule has 0 radical (unpaired) electrons. The van der Waals surface area contributed by atoms with Crippen LogP contribution in [0, 0.1) is 5.82 Å². The summed E-state index contributed by atoms with van der Waals surface area (Å²) in [4.78, 5) is 8.62. The topological polar surface area (TPSA) is 69.2 Å². The number of nitrogens with one attached hydrogen (secondary N) is 1. The molecule has 0 bridgehead atoms. The summed E-state index contributed by atoms with van der Waals surface area (Å²) in [6.07, 6.45) is 2.31. The van der Waals surface area contributed by atoms with Crippen LogP contribution in [0.3, 0.4) is 0 Å². The summed E-state index contributed by atoms with van der Waals surface area (Å²) >= 11 is 1.29. The minimum absolute atomic E-state index is 0.356. The molecule has 6 nitrogen and oxygen atoms in total. The summed E-state index contributed by atoms with van der Waals surface area (Å²) in [5.41, 5.74) is 0.834. The molecule has 2 aromatic heterocycles. The standard InChI is InChI=1S/C17H17FN4O2S/c1-23-9-7-15-21-17(25-22-15)20-11-12-4-3-8-19-16(12)24-14-6-2-5-13(18)10-14/h2-6,8,10H,7,9,11H2,1H3,(H,20,21,22). The molecule has 0 amide bonds. The molecule has 0 aliphatic carbocycles. The van der Waals surface area contributed by atoms with Gasteiger partial charge < -0.3 is 14.8 Å². The highest BCUT2D eigenvalue weighted by atomic mass is 32.1. The predicted molar refractivity (Wildman–Crippen MR) is 93.5 cm³/mol. The second-order valence-electron chi connectivity index (χ2n) is 5.14. The number of benzene rings is 1. The van der Waals surface area contributed by atoms with E-state index in [0.717, 1.165) is 11.4 Å². The molecule has 0 saturated heterocycles. The first-order valence-electron chi connectivity index (χ1n) is 7.67. The highest BCUT2D eigenvalue weighted by molar-refractivity contribution is 7.09. The number of ether oxygens (including phenoxy) is 2. The number of pyridine rings is 1. The fourth-order valence-electron chi connectivity index (χ4n) is 2.08. The molecule has 8 heteroatoms. The largest absolute Gasteiger partial charge is 0.439 e. The van der Waals surface area contributed by atoms with E-state index in [-0.39, 0.29) is 5.82 Å². The summed E-state index contributed by atoms with van der Waals surface area (Å²) in [5, 5.41) is 3.92. The lowest BCUT2D eigenvalue weighted by atomic mass is 10.2. The van der Waals surface area contributed by atoms with Gasteiger partial charge in [-0.25, -0.2) is 14.4 Å². The second-order valence-corrected chi connectivity index (χ2v) is 5.89. The lowest BCUT2D eigenvalue weighted by Crippen LogP contribution is -2.03. The van der Waals surface area contributed by atoms with Crippen molar-refractivity contribution < 1.29 is 13.9 Å². The van der Waals surface area contributed by atoms with Crippen LogP contribution in [0.1, 0.15) is 11.4 Å². The Morgan fingerprint density at radius 3 is 3.00 bits per heavy atom. The van der Waals surface area contributed by atoms with Gasteiger partial charge >= 0.3 is 0 Å². The van der Waals surface area contributed by atoms with Gasteiger partial charge in [0.2, 0.25) is 11.0 Å². The smallest absolute Gasteiger partial charge is 0.224 e. The summed E-state index contributed by atoms with van der Waals surface area (Å²) in [5.74, 6) is 1.21. The van der Waals surface area contributed by atoms with Crippen LogP contribution in [0.25, 0.3) is 0 Å². The summed E-state index contributed by atoms with van der Waals surface area (Å²) in [6.45, 7) is 1.06. The van der Waals surface area contributed by atoms with Gasteiger partial charge in [0, 0.05) is 49.4 Å². The summed E-state index contributed by atoms with van der Waals surface area (Å²) < 4.78 is 28.3. The van der Waals surface area contributed by atoms with Crippen molar-refractivity contribution in [1.82, 2.24) is 14.3 Å². The first-order chi connectivity index (χ1) is 12.2. The Kier molecular flexibility index (Phi) is 5.86. The van der Waals surface area contributed by atoms with E-state index in [1.54, 1.807) is 25.4 Å². The summed E-state index contributed by atoms with van der Waals surface area (Å²) in [7, 11) is 1.65. The van der Waals surface area contributed by atoms with Gasteiger partial charge in [-0.05, 0) is 18.2 Å². The molecule has 2 heterocycles. The van der Waals surface area contributed by atoms with E-state index in [1.165, 1.54) is 23.7 Å². The number of anilines is 1. The van der Waals surface area contributed by atoms with Crippen molar-refractivity contribution >= 4 is 16.7 Å². The molecular weight excluding hydrogens is 343 g/mol. The molecule has 0 unspecified atom stereocenters. The molecule has 3 aromatic rings. The van der Waals surface area contributed by atoms with Gasteiger partial charge in [-0.1, -0.05) is 12.1 Å². The first kappa shape index (κ1) is 17.2. The molecule has 0 aliphatic rings. The Morgan fingerprint density at radius 2 is 2.16 bits per heavy atom. The third-order valence-electron chi connectivity index (χ3n) is 3.29. The van der Waals surface area contributed by atoms with Crippen LogP contribution in [-0.4, -0.2) is 28.1 Å². The average Bonchev–Trinajstić information content (AvgIpc) is 3.07.